The molecule has 25 heavy (non-hydrogen) atoms. The SMILES string of the molecule is COc1ccc(Cl)cc1NC(=O)C1CC1C(=O)N1CCN(C=O)CC1. The minimum atomic E-state index is -0.333. The van der Waals surface area contributed by atoms with Gasteiger partial charge in [-0.15, -0.1) is 0 Å². The van der Waals surface area contributed by atoms with E-state index < -0.39 is 0 Å². The summed E-state index contributed by atoms with van der Waals surface area (Å²) in [7, 11) is 1.52. The maximum absolute atomic E-state index is 12.5. The molecular formula is C17H20ClN3O4. The lowest BCUT2D eigenvalue weighted by atomic mass is 10.2. The van der Waals surface area contributed by atoms with Gasteiger partial charge in [-0.05, 0) is 24.6 Å². The molecule has 0 bridgehead atoms. The maximum Gasteiger partial charge on any atom is 0.228 e. The summed E-state index contributed by atoms with van der Waals surface area (Å²) < 4.78 is 5.21. The summed E-state index contributed by atoms with van der Waals surface area (Å²) in [5.41, 5.74) is 0.498. The molecule has 0 aromatic heterocycles. The summed E-state index contributed by atoms with van der Waals surface area (Å²) in [6.45, 7) is 2.12. The van der Waals surface area contributed by atoms with Gasteiger partial charge in [0, 0.05) is 31.2 Å². The molecule has 0 radical (unpaired) electrons. The van der Waals surface area contributed by atoms with Crippen LogP contribution in [0.2, 0.25) is 5.02 Å². The van der Waals surface area contributed by atoms with Gasteiger partial charge in [0.15, 0.2) is 0 Å². The summed E-state index contributed by atoms with van der Waals surface area (Å²) in [5.74, 6) is -0.311. The van der Waals surface area contributed by atoms with Gasteiger partial charge >= 0.3 is 0 Å². The minimum Gasteiger partial charge on any atom is -0.495 e. The highest BCUT2D eigenvalue weighted by Gasteiger charge is 2.49. The van der Waals surface area contributed by atoms with E-state index in [4.69, 9.17) is 16.3 Å². The fraction of sp³-hybridized carbons (Fsp3) is 0.471. The largest absolute Gasteiger partial charge is 0.495 e. The van der Waals surface area contributed by atoms with Crippen molar-refractivity contribution in [2.45, 2.75) is 6.42 Å². The standard InChI is InChI=1S/C17H20ClN3O4/c1-25-15-3-2-11(18)8-14(15)19-16(23)12-9-13(12)17(24)21-6-4-20(10-22)5-7-21/h2-3,8,10,12-13H,4-7,9H2,1H3,(H,19,23). The number of hydrogen-bond donors (Lipinski definition) is 1. The van der Waals surface area contributed by atoms with Gasteiger partial charge in [0.05, 0.1) is 24.6 Å². The normalized spacial score (nSPS) is 22.3. The highest BCUT2D eigenvalue weighted by Crippen LogP contribution is 2.41. The number of carbonyl (C=O) groups is 3. The second-order valence-electron chi connectivity index (χ2n) is 6.25. The molecule has 134 valence electrons. The zero-order valence-corrected chi connectivity index (χ0v) is 14.7. The molecule has 3 amide bonds. The van der Waals surface area contributed by atoms with Crippen LogP contribution in [0.5, 0.6) is 5.75 Å². The summed E-state index contributed by atoms with van der Waals surface area (Å²) in [5, 5.41) is 3.29. The monoisotopic (exact) mass is 365 g/mol. The molecule has 1 heterocycles. The highest BCUT2D eigenvalue weighted by molar-refractivity contribution is 6.31. The third-order valence-electron chi connectivity index (χ3n) is 4.64. The number of piperazine rings is 1. The van der Waals surface area contributed by atoms with Gasteiger partial charge in [-0.1, -0.05) is 11.6 Å². The molecule has 1 aromatic rings. The van der Waals surface area contributed by atoms with Crippen LogP contribution in [0.15, 0.2) is 18.2 Å². The third kappa shape index (κ3) is 3.87. The second-order valence-corrected chi connectivity index (χ2v) is 6.69. The molecule has 1 saturated carbocycles. The summed E-state index contributed by atoms with van der Waals surface area (Å²) >= 11 is 5.96. The lowest BCUT2D eigenvalue weighted by Gasteiger charge is -2.32. The first-order valence-corrected chi connectivity index (χ1v) is 8.54. The van der Waals surface area contributed by atoms with Gasteiger partial charge in [0.25, 0.3) is 0 Å². The Hall–Kier alpha value is -2.28. The van der Waals surface area contributed by atoms with Crippen molar-refractivity contribution in [2.24, 2.45) is 11.8 Å². The molecular weight excluding hydrogens is 346 g/mol. The Balaban J connectivity index is 1.56. The summed E-state index contributed by atoms with van der Waals surface area (Å²) in [4.78, 5) is 39.0. The van der Waals surface area contributed by atoms with Crippen LogP contribution in [-0.4, -0.2) is 61.3 Å². The molecule has 3 rings (SSSR count). The van der Waals surface area contributed by atoms with Crippen molar-refractivity contribution in [3.63, 3.8) is 0 Å². The molecule has 2 fully saturated rings. The molecule has 1 aliphatic carbocycles. The smallest absolute Gasteiger partial charge is 0.228 e. The zero-order chi connectivity index (χ0) is 18.0. The number of rotatable bonds is 5. The van der Waals surface area contributed by atoms with E-state index in [1.807, 2.05) is 0 Å². The summed E-state index contributed by atoms with van der Waals surface area (Å²) in [6, 6.07) is 4.98. The van der Waals surface area contributed by atoms with Crippen LogP contribution in [0.25, 0.3) is 0 Å². The number of hydrogen-bond acceptors (Lipinski definition) is 4. The predicted molar refractivity (Wildman–Crippen MR) is 92.4 cm³/mol. The predicted octanol–water partition coefficient (Wildman–Crippen LogP) is 1.22. The van der Waals surface area contributed by atoms with Gasteiger partial charge in [-0.3, -0.25) is 14.4 Å². The van der Waals surface area contributed by atoms with E-state index in [9.17, 15) is 14.4 Å². The molecule has 8 heteroatoms. The quantitative estimate of drug-likeness (QED) is 0.796. The van der Waals surface area contributed by atoms with E-state index >= 15 is 0 Å². The van der Waals surface area contributed by atoms with Crippen LogP contribution in [0.3, 0.4) is 0 Å². The molecule has 2 atom stereocenters. The fourth-order valence-corrected chi connectivity index (χ4v) is 3.22. The van der Waals surface area contributed by atoms with Crippen LogP contribution < -0.4 is 10.1 Å². The van der Waals surface area contributed by atoms with Crippen molar-refractivity contribution in [2.75, 3.05) is 38.6 Å². The second kappa shape index (κ2) is 7.31. The first-order chi connectivity index (χ1) is 12.0. The van der Waals surface area contributed by atoms with Crippen LogP contribution in [-0.2, 0) is 14.4 Å². The molecule has 2 unspecified atom stereocenters. The van der Waals surface area contributed by atoms with Crippen molar-refractivity contribution in [3.05, 3.63) is 23.2 Å². The third-order valence-corrected chi connectivity index (χ3v) is 4.87. The first kappa shape index (κ1) is 17.5. The average molecular weight is 366 g/mol. The number of nitrogens with one attached hydrogen (secondary N) is 1. The van der Waals surface area contributed by atoms with E-state index in [0.717, 1.165) is 6.41 Å². The number of anilines is 1. The molecule has 0 spiro atoms. The van der Waals surface area contributed by atoms with Crippen molar-refractivity contribution in [1.82, 2.24) is 9.80 Å². The Labute approximate surface area is 150 Å². The van der Waals surface area contributed by atoms with E-state index in [1.54, 1.807) is 28.0 Å². The number of carbonyl (C=O) groups excluding carboxylic acids is 3. The molecule has 1 aromatic carbocycles. The van der Waals surface area contributed by atoms with Gasteiger partial charge in [0.2, 0.25) is 18.2 Å². The molecule has 7 nitrogen and oxygen atoms in total. The zero-order valence-electron chi connectivity index (χ0n) is 13.9. The van der Waals surface area contributed by atoms with Crippen molar-refractivity contribution < 1.29 is 19.1 Å². The molecule has 2 aliphatic rings. The Morgan fingerprint density at radius 3 is 2.60 bits per heavy atom. The first-order valence-electron chi connectivity index (χ1n) is 8.16. The minimum absolute atomic E-state index is 0.0104. The van der Waals surface area contributed by atoms with Crippen LogP contribution in [0, 0.1) is 11.8 Å². The van der Waals surface area contributed by atoms with E-state index in [1.165, 1.54) is 7.11 Å². The molecule has 1 N–H and O–H groups in total. The Bertz CT molecular complexity index is 688. The molecule has 1 aliphatic heterocycles. The number of nitrogens with zero attached hydrogens (tertiary/aromatic N) is 2. The molecule has 1 saturated heterocycles. The van der Waals surface area contributed by atoms with E-state index in [2.05, 4.69) is 5.32 Å². The van der Waals surface area contributed by atoms with Gasteiger partial charge in [-0.25, -0.2) is 0 Å². The Morgan fingerprint density at radius 2 is 1.96 bits per heavy atom. The topological polar surface area (TPSA) is 79.0 Å². The number of benzene rings is 1. The lowest BCUT2D eigenvalue weighted by molar-refractivity contribution is -0.137. The van der Waals surface area contributed by atoms with Gasteiger partial charge < -0.3 is 19.9 Å². The number of ether oxygens (including phenoxy) is 1. The van der Waals surface area contributed by atoms with Gasteiger partial charge in [-0.2, -0.15) is 0 Å². The van der Waals surface area contributed by atoms with Crippen LogP contribution >= 0.6 is 11.6 Å². The fourth-order valence-electron chi connectivity index (χ4n) is 3.04. The van der Waals surface area contributed by atoms with Crippen molar-refractivity contribution in [1.29, 1.82) is 0 Å². The average Bonchev–Trinajstić information content (AvgIpc) is 3.42. The van der Waals surface area contributed by atoms with Crippen molar-refractivity contribution in [3.8, 4) is 5.75 Å². The van der Waals surface area contributed by atoms with Crippen molar-refractivity contribution >= 4 is 35.5 Å². The Kier molecular flexibility index (Phi) is 5.13. The van der Waals surface area contributed by atoms with Gasteiger partial charge in [0.1, 0.15) is 5.75 Å². The maximum atomic E-state index is 12.5. The van der Waals surface area contributed by atoms with Crippen LogP contribution in [0.1, 0.15) is 6.42 Å². The number of amides is 3. The lowest BCUT2D eigenvalue weighted by Crippen LogP contribution is -2.48. The van der Waals surface area contributed by atoms with E-state index in [0.29, 0.717) is 49.1 Å². The summed E-state index contributed by atoms with van der Waals surface area (Å²) in [6.07, 6.45) is 1.34. The number of halogens is 1. The van der Waals surface area contributed by atoms with E-state index in [-0.39, 0.29) is 23.7 Å². The van der Waals surface area contributed by atoms with Crippen LogP contribution in [0.4, 0.5) is 5.69 Å². The highest BCUT2D eigenvalue weighted by atomic mass is 35.5. The Morgan fingerprint density at radius 1 is 1.24 bits per heavy atom. The number of methoxy groups -OCH3 is 1.